The number of halogens is 5. The van der Waals surface area contributed by atoms with Crippen LogP contribution in [-0.4, -0.2) is 20.9 Å². The van der Waals surface area contributed by atoms with Crippen LogP contribution in [-0.2, 0) is 27.4 Å². The number of alkyl halides is 3. The van der Waals surface area contributed by atoms with E-state index in [4.69, 9.17) is 0 Å². The summed E-state index contributed by atoms with van der Waals surface area (Å²) in [5.41, 5.74) is -0.722. The van der Waals surface area contributed by atoms with Crippen LogP contribution < -0.4 is 9.62 Å². The first-order chi connectivity index (χ1) is 14.0. The molecule has 2 aliphatic rings. The van der Waals surface area contributed by atoms with Gasteiger partial charge in [-0.25, -0.2) is 12.8 Å². The molecule has 0 atom stereocenters. The van der Waals surface area contributed by atoms with E-state index in [0.717, 1.165) is 24.5 Å². The molecule has 1 aliphatic heterocycles. The molecular weight excluding hydrogens is 492 g/mol. The molecule has 0 spiro atoms. The Hall–Kier alpha value is -2.14. The standard InChI is InChI=1S/C19H15BrF4N2O3S/c20-14-7-11-5-6-26(18(27)10-1-2-10)16(11)9-17(14)30(28,29)25-12-3-4-15(21)13(8-12)19(22,23)24/h3-4,7-10,25H,1-2,5-6H2. The predicted octanol–water partition coefficient (Wildman–Crippen LogP) is 4.71. The number of benzene rings is 2. The summed E-state index contributed by atoms with van der Waals surface area (Å²) >= 11 is 3.19. The van der Waals surface area contributed by atoms with Crippen LogP contribution in [0.15, 0.2) is 39.7 Å². The number of rotatable bonds is 4. The van der Waals surface area contributed by atoms with Crippen LogP contribution in [0.5, 0.6) is 0 Å². The van der Waals surface area contributed by atoms with Crippen molar-refractivity contribution in [1.82, 2.24) is 0 Å². The average molecular weight is 507 g/mol. The number of carbonyl (C=O) groups excluding carboxylic acids is 1. The molecule has 1 saturated carbocycles. The third kappa shape index (κ3) is 3.92. The molecule has 160 valence electrons. The lowest BCUT2D eigenvalue weighted by Gasteiger charge is -2.19. The molecule has 1 amide bonds. The molecule has 0 bridgehead atoms. The van der Waals surface area contributed by atoms with E-state index in [-0.39, 0.29) is 21.2 Å². The van der Waals surface area contributed by atoms with Crippen LogP contribution in [0.25, 0.3) is 0 Å². The minimum Gasteiger partial charge on any atom is -0.312 e. The van der Waals surface area contributed by atoms with E-state index in [2.05, 4.69) is 20.7 Å². The molecule has 0 radical (unpaired) electrons. The zero-order chi connectivity index (χ0) is 21.8. The molecule has 2 aromatic rings. The van der Waals surface area contributed by atoms with Gasteiger partial charge in [-0.3, -0.25) is 9.52 Å². The monoisotopic (exact) mass is 506 g/mol. The maximum Gasteiger partial charge on any atom is 0.419 e. The highest BCUT2D eigenvalue weighted by molar-refractivity contribution is 9.10. The number of hydrogen-bond donors (Lipinski definition) is 1. The van der Waals surface area contributed by atoms with Gasteiger partial charge in [0.1, 0.15) is 10.7 Å². The average Bonchev–Trinajstić information content (AvgIpc) is 3.41. The number of nitrogens with one attached hydrogen (secondary N) is 1. The molecular formula is C19H15BrF4N2O3S. The van der Waals surface area contributed by atoms with Gasteiger partial charge in [0.05, 0.1) is 5.56 Å². The summed E-state index contributed by atoms with van der Waals surface area (Å²) in [5, 5.41) is 0. The number of amides is 1. The fourth-order valence-corrected chi connectivity index (χ4v) is 5.55. The summed E-state index contributed by atoms with van der Waals surface area (Å²) in [6, 6.07) is 4.79. The number of sulfonamides is 1. The van der Waals surface area contributed by atoms with E-state index in [1.54, 1.807) is 11.0 Å². The summed E-state index contributed by atoms with van der Waals surface area (Å²) in [6.07, 6.45) is -2.78. The van der Waals surface area contributed by atoms with Crippen molar-refractivity contribution in [2.75, 3.05) is 16.2 Å². The molecule has 0 aromatic heterocycles. The maximum atomic E-state index is 13.5. The van der Waals surface area contributed by atoms with E-state index in [1.165, 1.54) is 6.07 Å². The van der Waals surface area contributed by atoms with Gasteiger partial charge in [-0.2, -0.15) is 13.2 Å². The molecule has 0 saturated heterocycles. The van der Waals surface area contributed by atoms with Crippen molar-refractivity contribution in [3.8, 4) is 0 Å². The van der Waals surface area contributed by atoms with Crippen LogP contribution in [0.2, 0.25) is 0 Å². The predicted molar refractivity (Wildman–Crippen MR) is 105 cm³/mol. The molecule has 30 heavy (non-hydrogen) atoms. The summed E-state index contributed by atoms with van der Waals surface area (Å²) < 4.78 is 80.3. The Morgan fingerprint density at radius 1 is 1.17 bits per heavy atom. The van der Waals surface area contributed by atoms with Crippen molar-refractivity contribution in [3.63, 3.8) is 0 Å². The topological polar surface area (TPSA) is 66.5 Å². The Bertz CT molecular complexity index is 1150. The second-order valence-electron chi connectivity index (χ2n) is 7.22. The molecule has 1 N–H and O–H groups in total. The minimum absolute atomic E-state index is 0.0437. The van der Waals surface area contributed by atoms with Gasteiger partial charge in [0.2, 0.25) is 5.91 Å². The summed E-state index contributed by atoms with van der Waals surface area (Å²) in [7, 11) is -4.32. The van der Waals surface area contributed by atoms with Gasteiger partial charge in [-0.05, 0) is 71.1 Å². The van der Waals surface area contributed by atoms with Crippen LogP contribution in [0.1, 0.15) is 24.0 Å². The third-order valence-electron chi connectivity index (χ3n) is 5.03. The fraction of sp³-hybridized carbons (Fsp3) is 0.316. The molecule has 1 heterocycles. The molecule has 5 nitrogen and oxygen atoms in total. The molecule has 1 aliphatic carbocycles. The van der Waals surface area contributed by atoms with Gasteiger partial charge < -0.3 is 4.90 Å². The highest BCUT2D eigenvalue weighted by atomic mass is 79.9. The van der Waals surface area contributed by atoms with E-state index in [0.29, 0.717) is 30.8 Å². The SMILES string of the molecule is O=C(C1CC1)N1CCc2cc(Br)c(S(=O)(=O)Nc3ccc(F)c(C(F)(F)F)c3)cc21. The molecule has 4 rings (SSSR count). The third-order valence-corrected chi connectivity index (χ3v) is 7.37. The smallest absolute Gasteiger partial charge is 0.312 e. The Labute approximate surface area is 178 Å². The van der Waals surface area contributed by atoms with Crippen LogP contribution in [0, 0.1) is 11.7 Å². The van der Waals surface area contributed by atoms with Crippen LogP contribution >= 0.6 is 15.9 Å². The second-order valence-corrected chi connectivity index (χ2v) is 9.73. The number of carbonyl (C=O) groups is 1. The first kappa shape index (κ1) is 21.1. The quantitative estimate of drug-likeness (QED) is 0.610. The van der Waals surface area contributed by atoms with E-state index < -0.39 is 33.3 Å². The van der Waals surface area contributed by atoms with Crippen molar-refractivity contribution in [3.05, 3.63) is 51.7 Å². The minimum atomic E-state index is -4.97. The highest BCUT2D eigenvalue weighted by Gasteiger charge is 2.38. The first-order valence-corrected chi connectivity index (χ1v) is 11.3. The summed E-state index contributed by atoms with van der Waals surface area (Å²) in [4.78, 5) is 13.8. The Balaban J connectivity index is 1.69. The lowest BCUT2D eigenvalue weighted by Crippen LogP contribution is -2.30. The summed E-state index contributed by atoms with van der Waals surface area (Å²) in [5.74, 6) is -1.60. The van der Waals surface area contributed by atoms with Gasteiger partial charge in [0.15, 0.2) is 0 Å². The second kappa shape index (κ2) is 7.23. The Morgan fingerprint density at radius 3 is 2.50 bits per heavy atom. The molecule has 0 unspecified atom stereocenters. The largest absolute Gasteiger partial charge is 0.419 e. The van der Waals surface area contributed by atoms with Crippen molar-refractivity contribution >= 4 is 43.2 Å². The zero-order valence-electron chi connectivity index (χ0n) is 15.3. The van der Waals surface area contributed by atoms with E-state index in [9.17, 15) is 30.8 Å². The van der Waals surface area contributed by atoms with Crippen LogP contribution in [0.4, 0.5) is 28.9 Å². The Morgan fingerprint density at radius 2 is 1.87 bits per heavy atom. The lowest BCUT2D eigenvalue weighted by molar-refractivity contribution is -0.139. The maximum absolute atomic E-state index is 13.5. The summed E-state index contributed by atoms with van der Waals surface area (Å²) in [6.45, 7) is 0.445. The van der Waals surface area contributed by atoms with E-state index in [1.807, 2.05) is 0 Å². The van der Waals surface area contributed by atoms with Crippen LogP contribution in [0.3, 0.4) is 0 Å². The van der Waals surface area contributed by atoms with E-state index >= 15 is 0 Å². The van der Waals surface area contributed by atoms with Crippen molar-refractivity contribution in [2.24, 2.45) is 5.92 Å². The number of anilines is 2. The number of hydrogen-bond acceptors (Lipinski definition) is 3. The zero-order valence-corrected chi connectivity index (χ0v) is 17.7. The number of nitrogens with zero attached hydrogens (tertiary/aromatic N) is 1. The number of fused-ring (bicyclic) bond motifs is 1. The lowest BCUT2D eigenvalue weighted by atomic mass is 10.2. The highest BCUT2D eigenvalue weighted by Crippen LogP contribution is 2.40. The molecule has 11 heteroatoms. The van der Waals surface area contributed by atoms with Gasteiger partial charge in [0.25, 0.3) is 10.0 Å². The van der Waals surface area contributed by atoms with Crippen molar-refractivity contribution in [2.45, 2.75) is 30.3 Å². The normalized spacial score (nSPS) is 16.5. The first-order valence-electron chi connectivity index (χ1n) is 9.01. The van der Waals surface area contributed by atoms with Crippen molar-refractivity contribution in [1.29, 1.82) is 0 Å². The van der Waals surface area contributed by atoms with Gasteiger partial charge in [-0.1, -0.05) is 0 Å². The fourth-order valence-electron chi connectivity index (χ4n) is 3.39. The van der Waals surface area contributed by atoms with Gasteiger partial charge in [0, 0.05) is 28.3 Å². The molecule has 2 aromatic carbocycles. The Kier molecular flexibility index (Phi) is 5.08. The van der Waals surface area contributed by atoms with Crippen molar-refractivity contribution < 1.29 is 30.8 Å². The van der Waals surface area contributed by atoms with Gasteiger partial charge in [-0.15, -0.1) is 0 Å². The molecule has 1 fully saturated rings. The van der Waals surface area contributed by atoms with Gasteiger partial charge >= 0.3 is 6.18 Å².